The highest BCUT2D eigenvalue weighted by Gasteiger charge is 2.07. The van der Waals surface area contributed by atoms with Crippen molar-refractivity contribution >= 4 is 23.6 Å². The molecule has 2 aromatic rings. The molecule has 0 bridgehead atoms. The molecule has 2 aromatic carbocycles. The lowest BCUT2D eigenvalue weighted by Crippen LogP contribution is -2.08. The van der Waals surface area contributed by atoms with Gasteiger partial charge < -0.3 is 19.5 Å². The summed E-state index contributed by atoms with van der Waals surface area (Å²) < 4.78 is 15.6. The summed E-state index contributed by atoms with van der Waals surface area (Å²) in [7, 11) is 2.89. The highest BCUT2D eigenvalue weighted by atomic mass is 16.5. The van der Waals surface area contributed by atoms with Crippen molar-refractivity contribution < 1.29 is 23.8 Å². The third kappa shape index (κ3) is 5.88. The number of ether oxygens (including phenoxy) is 3. The minimum atomic E-state index is -0.424. The van der Waals surface area contributed by atoms with Gasteiger partial charge in [0.05, 0.1) is 25.9 Å². The minimum Gasteiger partial charge on any atom is -0.493 e. The predicted octanol–water partition coefficient (Wildman–Crippen LogP) is 3.92. The number of nitrogens with one attached hydrogen (secondary N) is 1. The SMILES string of the molecule is COC(=O)c1ccc(NC(=O)C=Cc2ccc(OC(C)C)c(OC)c2)cc1. The number of esters is 1. The normalized spacial score (nSPS) is 10.7. The quantitative estimate of drug-likeness (QED) is 0.591. The summed E-state index contributed by atoms with van der Waals surface area (Å²) in [5.41, 5.74) is 1.80. The van der Waals surface area contributed by atoms with Crippen molar-refractivity contribution in [2.45, 2.75) is 20.0 Å². The first-order valence-corrected chi connectivity index (χ1v) is 8.45. The van der Waals surface area contributed by atoms with Gasteiger partial charge in [-0.3, -0.25) is 4.79 Å². The Morgan fingerprint density at radius 2 is 1.70 bits per heavy atom. The zero-order chi connectivity index (χ0) is 19.8. The zero-order valence-electron chi connectivity index (χ0n) is 15.8. The van der Waals surface area contributed by atoms with Crippen molar-refractivity contribution in [3.05, 3.63) is 59.7 Å². The molecular weight excluding hydrogens is 346 g/mol. The van der Waals surface area contributed by atoms with Gasteiger partial charge in [0.25, 0.3) is 0 Å². The van der Waals surface area contributed by atoms with E-state index in [1.807, 2.05) is 26.0 Å². The van der Waals surface area contributed by atoms with Crippen molar-refractivity contribution in [3.8, 4) is 11.5 Å². The molecule has 0 saturated heterocycles. The molecule has 1 amide bonds. The lowest BCUT2D eigenvalue weighted by Gasteiger charge is -2.13. The summed E-state index contributed by atoms with van der Waals surface area (Å²) in [6, 6.07) is 11.9. The van der Waals surface area contributed by atoms with Gasteiger partial charge in [-0.15, -0.1) is 0 Å². The predicted molar refractivity (Wildman–Crippen MR) is 104 cm³/mol. The van der Waals surface area contributed by atoms with Gasteiger partial charge in [0.15, 0.2) is 11.5 Å². The maximum absolute atomic E-state index is 12.1. The molecule has 6 heteroatoms. The molecule has 0 heterocycles. The van der Waals surface area contributed by atoms with E-state index in [1.54, 1.807) is 43.5 Å². The van der Waals surface area contributed by atoms with Crippen LogP contribution in [-0.4, -0.2) is 32.2 Å². The molecule has 0 saturated carbocycles. The molecule has 6 nitrogen and oxygen atoms in total. The second-order valence-corrected chi connectivity index (χ2v) is 5.97. The fraction of sp³-hybridized carbons (Fsp3) is 0.238. The van der Waals surface area contributed by atoms with Crippen molar-refractivity contribution in [1.82, 2.24) is 0 Å². The number of rotatable bonds is 7. The third-order valence-electron chi connectivity index (χ3n) is 3.55. The van der Waals surface area contributed by atoms with E-state index in [0.717, 1.165) is 5.56 Å². The van der Waals surface area contributed by atoms with Crippen LogP contribution < -0.4 is 14.8 Å². The lowest BCUT2D eigenvalue weighted by molar-refractivity contribution is -0.111. The smallest absolute Gasteiger partial charge is 0.337 e. The second-order valence-electron chi connectivity index (χ2n) is 5.97. The Balaban J connectivity index is 2.02. The lowest BCUT2D eigenvalue weighted by atomic mass is 10.1. The fourth-order valence-corrected chi connectivity index (χ4v) is 2.30. The highest BCUT2D eigenvalue weighted by Crippen LogP contribution is 2.29. The van der Waals surface area contributed by atoms with Crippen LogP contribution >= 0.6 is 0 Å². The van der Waals surface area contributed by atoms with Gasteiger partial charge in [-0.05, 0) is 61.9 Å². The molecule has 0 aromatic heterocycles. The standard InChI is InChI=1S/C21H23NO5/c1-14(2)27-18-11-5-15(13-19(18)25-3)6-12-20(23)22-17-9-7-16(8-10-17)21(24)26-4/h5-14H,1-4H3,(H,22,23). The number of hydrogen-bond acceptors (Lipinski definition) is 5. The van der Waals surface area contributed by atoms with Crippen LogP contribution in [0.5, 0.6) is 11.5 Å². The molecule has 142 valence electrons. The summed E-state index contributed by atoms with van der Waals surface area (Å²) in [6.45, 7) is 3.88. The van der Waals surface area contributed by atoms with E-state index >= 15 is 0 Å². The van der Waals surface area contributed by atoms with Gasteiger partial charge in [-0.2, -0.15) is 0 Å². The Hall–Kier alpha value is -3.28. The number of carbonyl (C=O) groups is 2. The molecule has 0 aliphatic heterocycles. The van der Waals surface area contributed by atoms with Crippen LogP contribution in [0.2, 0.25) is 0 Å². The second kappa shape index (κ2) is 9.43. The summed E-state index contributed by atoms with van der Waals surface area (Å²) >= 11 is 0. The third-order valence-corrected chi connectivity index (χ3v) is 3.55. The number of carbonyl (C=O) groups excluding carboxylic acids is 2. The van der Waals surface area contributed by atoms with Crippen molar-refractivity contribution in [1.29, 1.82) is 0 Å². The summed E-state index contributed by atoms with van der Waals surface area (Å²) in [5.74, 6) is 0.540. The number of amides is 1. The molecule has 0 aliphatic carbocycles. The van der Waals surface area contributed by atoms with Crippen LogP contribution in [0.4, 0.5) is 5.69 Å². The van der Waals surface area contributed by atoms with Crippen LogP contribution in [0.3, 0.4) is 0 Å². The van der Waals surface area contributed by atoms with E-state index in [2.05, 4.69) is 10.1 Å². The molecule has 27 heavy (non-hydrogen) atoms. The zero-order valence-corrected chi connectivity index (χ0v) is 15.8. The minimum absolute atomic E-state index is 0.0386. The van der Waals surface area contributed by atoms with E-state index in [-0.39, 0.29) is 12.0 Å². The van der Waals surface area contributed by atoms with Crippen LogP contribution in [0.15, 0.2) is 48.5 Å². The summed E-state index contributed by atoms with van der Waals surface area (Å²) in [5, 5.41) is 2.73. The number of benzene rings is 2. The van der Waals surface area contributed by atoms with Crippen LogP contribution in [-0.2, 0) is 9.53 Å². The molecule has 0 radical (unpaired) electrons. The van der Waals surface area contributed by atoms with E-state index in [0.29, 0.717) is 22.7 Å². The summed E-state index contributed by atoms with van der Waals surface area (Å²) in [6.07, 6.45) is 3.14. The molecule has 0 atom stereocenters. The molecule has 1 N–H and O–H groups in total. The van der Waals surface area contributed by atoms with Gasteiger partial charge >= 0.3 is 5.97 Å². The number of methoxy groups -OCH3 is 2. The van der Waals surface area contributed by atoms with Crippen molar-refractivity contribution in [3.63, 3.8) is 0 Å². The van der Waals surface area contributed by atoms with Gasteiger partial charge in [-0.1, -0.05) is 6.07 Å². The first kappa shape index (κ1) is 20.0. The summed E-state index contributed by atoms with van der Waals surface area (Å²) in [4.78, 5) is 23.5. The van der Waals surface area contributed by atoms with Crippen molar-refractivity contribution in [2.75, 3.05) is 19.5 Å². The molecule has 0 spiro atoms. The van der Waals surface area contributed by atoms with E-state index < -0.39 is 5.97 Å². The first-order chi connectivity index (χ1) is 12.9. The molecule has 0 unspecified atom stereocenters. The van der Waals surface area contributed by atoms with E-state index in [1.165, 1.54) is 13.2 Å². The monoisotopic (exact) mass is 369 g/mol. The Morgan fingerprint density at radius 3 is 2.30 bits per heavy atom. The van der Waals surface area contributed by atoms with E-state index in [9.17, 15) is 9.59 Å². The van der Waals surface area contributed by atoms with E-state index in [4.69, 9.17) is 9.47 Å². The van der Waals surface area contributed by atoms with Gasteiger partial charge in [0.2, 0.25) is 5.91 Å². The molecule has 2 rings (SSSR count). The Labute approximate surface area is 158 Å². The number of hydrogen-bond donors (Lipinski definition) is 1. The Kier molecular flexibility index (Phi) is 7.00. The average molecular weight is 369 g/mol. The van der Waals surface area contributed by atoms with Gasteiger partial charge in [0.1, 0.15) is 0 Å². The van der Waals surface area contributed by atoms with Crippen LogP contribution in [0, 0.1) is 0 Å². The van der Waals surface area contributed by atoms with Crippen LogP contribution in [0.1, 0.15) is 29.8 Å². The van der Waals surface area contributed by atoms with Gasteiger partial charge in [-0.25, -0.2) is 4.79 Å². The Morgan fingerprint density at radius 1 is 1.00 bits per heavy atom. The Bertz CT molecular complexity index is 825. The highest BCUT2D eigenvalue weighted by molar-refractivity contribution is 6.02. The van der Waals surface area contributed by atoms with Gasteiger partial charge in [0, 0.05) is 11.8 Å². The first-order valence-electron chi connectivity index (χ1n) is 8.45. The molecule has 0 fully saturated rings. The topological polar surface area (TPSA) is 73.9 Å². The number of anilines is 1. The fourth-order valence-electron chi connectivity index (χ4n) is 2.30. The maximum Gasteiger partial charge on any atom is 0.337 e. The van der Waals surface area contributed by atoms with Crippen molar-refractivity contribution in [2.24, 2.45) is 0 Å². The molecule has 0 aliphatic rings. The largest absolute Gasteiger partial charge is 0.493 e. The van der Waals surface area contributed by atoms with Crippen LogP contribution in [0.25, 0.3) is 6.08 Å². The molecular formula is C21H23NO5. The maximum atomic E-state index is 12.1. The average Bonchev–Trinajstić information content (AvgIpc) is 2.66.